The summed E-state index contributed by atoms with van der Waals surface area (Å²) in [5.74, 6) is 0.291. The van der Waals surface area contributed by atoms with Crippen molar-refractivity contribution in [3.63, 3.8) is 0 Å². The largest absolute Gasteiger partial charge is 0.497 e. The normalized spacial score (nSPS) is 10.7. The van der Waals surface area contributed by atoms with Crippen molar-refractivity contribution in [2.45, 2.75) is 0 Å². The summed E-state index contributed by atoms with van der Waals surface area (Å²) in [6.45, 7) is 0. The van der Waals surface area contributed by atoms with E-state index in [-0.39, 0.29) is 5.82 Å². The molecule has 3 nitrogen and oxygen atoms in total. The molecule has 20 heavy (non-hydrogen) atoms. The number of hydrogen-bond donors (Lipinski definition) is 0. The van der Waals surface area contributed by atoms with E-state index in [9.17, 15) is 9.18 Å². The summed E-state index contributed by atoms with van der Waals surface area (Å²) < 4.78 is 23.3. The zero-order valence-electron chi connectivity index (χ0n) is 10.7. The zero-order chi connectivity index (χ0) is 14.1. The van der Waals surface area contributed by atoms with Crippen molar-refractivity contribution in [1.29, 1.82) is 0 Å². The third-order valence-electron chi connectivity index (χ3n) is 3.11. The third-order valence-corrected chi connectivity index (χ3v) is 3.11. The van der Waals surface area contributed by atoms with Gasteiger partial charge in [0.2, 0.25) is 0 Å². The average molecular weight is 270 g/mol. The second-order valence-corrected chi connectivity index (χ2v) is 4.35. The Balaban J connectivity index is 2.29. The molecule has 3 rings (SSSR count). The first kappa shape index (κ1) is 12.4. The molecule has 1 aromatic heterocycles. The van der Waals surface area contributed by atoms with Gasteiger partial charge in [-0.25, -0.2) is 9.18 Å². The molecule has 0 N–H and O–H groups in total. The van der Waals surface area contributed by atoms with Crippen molar-refractivity contribution in [1.82, 2.24) is 0 Å². The van der Waals surface area contributed by atoms with E-state index >= 15 is 0 Å². The fourth-order valence-corrected chi connectivity index (χ4v) is 2.14. The zero-order valence-corrected chi connectivity index (χ0v) is 10.7. The molecular formula is C16H11FO3. The fraction of sp³-hybridized carbons (Fsp3) is 0.0625. The molecule has 0 aliphatic rings. The Hall–Kier alpha value is -2.62. The molecule has 0 radical (unpaired) electrons. The topological polar surface area (TPSA) is 39.4 Å². The van der Waals surface area contributed by atoms with Crippen LogP contribution in [0, 0.1) is 5.82 Å². The second-order valence-electron chi connectivity index (χ2n) is 4.35. The molecule has 1 heterocycles. The van der Waals surface area contributed by atoms with Gasteiger partial charge in [0, 0.05) is 17.5 Å². The van der Waals surface area contributed by atoms with Crippen LogP contribution >= 0.6 is 0 Å². The highest BCUT2D eigenvalue weighted by Gasteiger charge is 2.09. The first-order chi connectivity index (χ1) is 9.67. The number of halogens is 1. The van der Waals surface area contributed by atoms with Crippen molar-refractivity contribution in [2.75, 3.05) is 7.11 Å². The summed E-state index contributed by atoms with van der Waals surface area (Å²) in [5, 5.41) is 0.775. The molecule has 0 unspecified atom stereocenters. The molecule has 0 saturated heterocycles. The molecule has 0 aliphatic heterocycles. The van der Waals surface area contributed by atoms with Gasteiger partial charge in [-0.3, -0.25) is 0 Å². The number of fused-ring (bicyclic) bond motifs is 1. The molecule has 2 aromatic carbocycles. The first-order valence-corrected chi connectivity index (χ1v) is 6.05. The number of ether oxygens (including phenoxy) is 1. The Labute approximate surface area is 114 Å². The maximum Gasteiger partial charge on any atom is 0.336 e. The van der Waals surface area contributed by atoms with Crippen LogP contribution in [0.4, 0.5) is 4.39 Å². The molecule has 0 saturated carbocycles. The van der Waals surface area contributed by atoms with Crippen LogP contribution in [0.5, 0.6) is 5.75 Å². The molecular weight excluding hydrogens is 259 g/mol. The van der Waals surface area contributed by atoms with E-state index in [2.05, 4.69) is 0 Å². The van der Waals surface area contributed by atoms with Gasteiger partial charge in [0.1, 0.15) is 17.1 Å². The van der Waals surface area contributed by atoms with Crippen LogP contribution < -0.4 is 10.4 Å². The Bertz CT molecular complexity index is 819. The van der Waals surface area contributed by atoms with E-state index in [1.165, 1.54) is 18.2 Å². The predicted molar refractivity (Wildman–Crippen MR) is 74.4 cm³/mol. The van der Waals surface area contributed by atoms with Gasteiger partial charge in [0.25, 0.3) is 0 Å². The van der Waals surface area contributed by atoms with Crippen LogP contribution in [-0.2, 0) is 0 Å². The van der Waals surface area contributed by atoms with Crippen molar-refractivity contribution in [3.05, 3.63) is 64.8 Å². The van der Waals surface area contributed by atoms with Gasteiger partial charge in [0.05, 0.1) is 7.11 Å². The number of benzene rings is 2. The van der Waals surface area contributed by atoms with Crippen LogP contribution in [0.2, 0.25) is 0 Å². The number of methoxy groups -OCH3 is 1. The molecule has 0 bridgehead atoms. The Morgan fingerprint density at radius 1 is 1.05 bits per heavy atom. The number of hydrogen-bond acceptors (Lipinski definition) is 3. The lowest BCUT2D eigenvalue weighted by Crippen LogP contribution is -1.98. The number of rotatable bonds is 2. The van der Waals surface area contributed by atoms with Gasteiger partial charge in [0.15, 0.2) is 0 Å². The van der Waals surface area contributed by atoms with Crippen LogP contribution in [0.15, 0.2) is 57.7 Å². The Morgan fingerprint density at radius 3 is 2.50 bits per heavy atom. The summed E-state index contributed by atoms with van der Waals surface area (Å²) in [6.07, 6.45) is 0. The van der Waals surface area contributed by atoms with Gasteiger partial charge in [-0.2, -0.15) is 0 Å². The molecule has 0 aliphatic carbocycles. The van der Waals surface area contributed by atoms with Gasteiger partial charge in [-0.15, -0.1) is 0 Å². The lowest BCUT2D eigenvalue weighted by molar-refractivity contribution is 0.414. The fourth-order valence-electron chi connectivity index (χ4n) is 2.14. The minimum atomic E-state index is -0.454. The summed E-state index contributed by atoms with van der Waals surface area (Å²) in [4.78, 5) is 11.7. The van der Waals surface area contributed by atoms with Gasteiger partial charge in [-0.05, 0) is 35.4 Å². The van der Waals surface area contributed by atoms with Crippen molar-refractivity contribution in [2.24, 2.45) is 0 Å². The predicted octanol–water partition coefficient (Wildman–Crippen LogP) is 3.61. The smallest absolute Gasteiger partial charge is 0.336 e. The molecule has 100 valence electrons. The third kappa shape index (κ3) is 2.16. The minimum absolute atomic E-state index is 0.317. The van der Waals surface area contributed by atoms with E-state index in [1.807, 2.05) is 6.07 Å². The van der Waals surface area contributed by atoms with Crippen LogP contribution in [0.25, 0.3) is 22.1 Å². The van der Waals surface area contributed by atoms with Crippen molar-refractivity contribution >= 4 is 11.0 Å². The molecule has 0 atom stereocenters. The average Bonchev–Trinajstić information content (AvgIpc) is 2.46. The monoisotopic (exact) mass is 270 g/mol. The maximum atomic E-state index is 13.0. The quantitative estimate of drug-likeness (QED) is 0.668. The summed E-state index contributed by atoms with van der Waals surface area (Å²) in [6, 6.07) is 12.6. The van der Waals surface area contributed by atoms with E-state index in [1.54, 1.807) is 31.4 Å². The molecule has 0 spiro atoms. The van der Waals surface area contributed by atoms with E-state index in [0.717, 1.165) is 10.9 Å². The lowest BCUT2D eigenvalue weighted by Gasteiger charge is -2.07. The summed E-state index contributed by atoms with van der Waals surface area (Å²) in [7, 11) is 1.54. The minimum Gasteiger partial charge on any atom is -0.497 e. The van der Waals surface area contributed by atoms with Gasteiger partial charge >= 0.3 is 5.63 Å². The van der Waals surface area contributed by atoms with Crippen LogP contribution in [0.1, 0.15) is 0 Å². The Kier molecular flexibility index (Phi) is 2.99. The standard InChI is InChI=1S/C16H11FO3/c1-19-12-6-7-13-14(9-16(18)20-15(13)8-12)10-2-4-11(17)5-3-10/h2-9H,1H3. The van der Waals surface area contributed by atoms with Crippen LogP contribution in [-0.4, -0.2) is 7.11 Å². The maximum absolute atomic E-state index is 13.0. The lowest BCUT2D eigenvalue weighted by atomic mass is 10.0. The molecule has 3 aromatic rings. The van der Waals surface area contributed by atoms with Gasteiger partial charge in [-0.1, -0.05) is 12.1 Å². The highest BCUT2D eigenvalue weighted by atomic mass is 19.1. The SMILES string of the molecule is COc1ccc2c(-c3ccc(F)cc3)cc(=O)oc2c1. The van der Waals surface area contributed by atoms with E-state index in [0.29, 0.717) is 16.9 Å². The van der Waals surface area contributed by atoms with Crippen molar-refractivity contribution in [3.8, 4) is 16.9 Å². The molecule has 0 fully saturated rings. The second kappa shape index (κ2) is 4.81. The Morgan fingerprint density at radius 2 is 1.80 bits per heavy atom. The van der Waals surface area contributed by atoms with E-state index < -0.39 is 5.63 Å². The van der Waals surface area contributed by atoms with Gasteiger partial charge < -0.3 is 9.15 Å². The molecule has 4 heteroatoms. The highest BCUT2D eigenvalue weighted by Crippen LogP contribution is 2.29. The van der Waals surface area contributed by atoms with Crippen molar-refractivity contribution < 1.29 is 13.5 Å². The first-order valence-electron chi connectivity index (χ1n) is 6.05. The van der Waals surface area contributed by atoms with E-state index in [4.69, 9.17) is 9.15 Å². The summed E-state index contributed by atoms with van der Waals surface area (Å²) in [5.41, 5.74) is 1.45. The highest BCUT2D eigenvalue weighted by molar-refractivity contribution is 5.93. The molecule has 0 amide bonds. The summed E-state index contributed by atoms with van der Waals surface area (Å²) >= 11 is 0. The van der Waals surface area contributed by atoms with Crippen LogP contribution in [0.3, 0.4) is 0 Å².